The van der Waals surface area contributed by atoms with Crippen LogP contribution in [-0.2, 0) is 9.31 Å². The van der Waals surface area contributed by atoms with Crippen molar-refractivity contribution >= 4 is 7.69 Å². The molecule has 0 spiro atoms. The molecule has 0 bridgehead atoms. The van der Waals surface area contributed by atoms with Crippen LogP contribution in [0.4, 0.5) is 0 Å². The number of hydrogen-bond acceptors (Lipinski definition) is 2. The lowest BCUT2D eigenvalue weighted by Crippen LogP contribution is -2.44. The van der Waals surface area contributed by atoms with Crippen LogP contribution >= 0.6 is 0 Å². The van der Waals surface area contributed by atoms with E-state index in [4.69, 9.17) is 9.31 Å². The summed E-state index contributed by atoms with van der Waals surface area (Å²) in [6, 6.07) is 0. The van der Waals surface area contributed by atoms with Crippen molar-refractivity contribution in [2.24, 2.45) is 0 Å². The summed E-state index contributed by atoms with van der Waals surface area (Å²) in [6.45, 7) is 8.36. The molecule has 1 aliphatic heterocycles. The molecule has 10 heavy (non-hydrogen) atoms. The molecule has 1 heterocycles. The zero-order chi connectivity index (χ0) is 7.83. The third kappa shape index (κ3) is 0.975. The van der Waals surface area contributed by atoms with E-state index in [9.17, 15) is 0 Å². The van der Waals surface area contributed by atoms with Crippen LogP contribution in [0.5, 0.6) is 0 Å². The van der Waals surface area contributed by atoms with Gasteiger partial charge in [-0.05, 0) is 27.2 Å². The van der Waals surface area contributed by atoms with Gasteiger partial charge in [-0.1, -0.05) is 6.92 Å². The van der Waals surface area contributed by atoms with Gasteiger partial charge in [0.2, 0.25) is 0 Å². The Hall–Kier alpha value is -0.0151. The molecule has 1 rings (SSSR count). The van der Waals surface area contributed by atoms with E-state index in [0.717, 1.165) is 6.42 Å². The monoisotopic (exact) mass is 142 g/mol. The SMILES string of the molecule is CCC1(C)OBOC1(C)C. The van der Waals surface area contributed by atoms with E-state index in [0.29, 0.717) is 7.69 Å². The molecule has 1 unspecified atom stereocenters. The van der Waals surface area contributed by atoms with Gasteiger partial charge in [0.15, 0.2) is 0 Å². The van der Waals surface area contributed by atoms with E-state index < -0.39 is 0 Å². The Morgan fingerprint density at radius 3 is 2.00 bits per heavy atom. The highest BCUT2D eigenvalue weighted by molar-refractivity contribution is 6.19. The number of rotatable bonds is 1. The summed E-state index contributed by atoms with van der Waals surface area (Å²) in [4.78, 5) is 0. The van der Waals surface area contributed by atoms with Crippen molar-refractivity contribution in [2.45, 2.75) is 45.3 Å². The summed E-state index contributed by atoms with van der Waals surface area (Å²) < 4.78 is 10.9. The highest BCUT2D eigenvalue weighted by atomic mass is 16.7. The lowest BCUT2D eigenvalue weighted by Gasteiger charge is -2.35. The first-order valence-electron chi connectivity index (χ1n) is 3.80. The van der Waals surface area contributed by atoms with Gasteiger partial charge in [-0.2, -0.15) is 0 Å². The molecule has 0 N–H and O–H groups in total. The summed E-state index contributed by atoms with van der Waals surface area (Å²) in [5.41, 5.74) is -0.214. The largest absolute Gasteiger partial charge is 0.439 e. The Balaban J connectivity index is 2.76. The van der Waals surface area contributed by atoms with Gasteiger partial charge in [-0.25, -0.2) is 0 Å². The van der Waals surface area contributed by atoms with Gasteiger partial charge in [-0.3, -0.25) is 0 Å². The highest BCUT2D eigenvalue weighted by Crippen LogP contribution is 2.36. The van der Waals surface area contributed by atoms with Crippen molar-refractivity contribution in [3.63, 3.8) is 0 Å². The summed E-state index contributed by atoms with van der Waals surface area (Å²) in [5.74, 6) is 0. The van der Waals surface area contributed by atoms with E-state index in [1.807, 2.05) is 0 Å². The summed E-state index contributed by atoms with van der Waals surface area (Å²) in [6.07, 6.45) is 1.00. The lowest BCUT2D eigenvalue weighted by atomic mass is 9.86. The predicted molar refractivity (Wildman–Crippen MR) is 42.1 cm³/mol. The second kappa shape index (κ2) is 2.24. The Morgan fingerprint density at radius 1 is 1.20 bits per heavy atom. The Kier molecular flexibility index (Phi) is 1.81. The molecule has 1 fully saturated rings. The van der Waals surface area contributed by atoms with E-state index in [-0.39, 0.29) is 11.2 Å². The summed E-state index contributed by atoms with van der Waals surface area (Å²) in [5, 5.41) is 0. The average molecular weight is 142 g/mol. The van der Waals surface area contributed by atoms with E-state index in [1.54, 1.807) is 0 Å². The van der Waals surface area contributed by atoms with Gasteiger partial charge in [0.1, 0.15) is 0 Å². The van der Waals surface area contributed by atoms with Gasteiger partial charge in [-0.15, -0.1) is 0 Å². The zero-order valence-electron chi connectivity index (χ0n) is 7.23. The maximum atomic E-state index is 5.48. The van der Waals surface area contributed by atoms with Crippen LogP contribution < -0.4 is 0 Å². The quantitative estimate of drug-likeness (QED) is 0.513. The maximum absolute atomic E-state index is 5.48. The second-order valence-corrected chi connectivity index (χ2v) is 3.50. The molecule has 58 valence electrons. The van der Waals surface area contributed by atoms with Gasteiger partial charge >= 0.3 is 7.69 Å². The molecule has 0 radical (unpaired) electrons. The predicted octanol–water partition coefficient (Wildman–Crippen LogP) is 1.25. The smallest absolute Gasteiger partial charge is 0.406 e. The normalized spacial score (nSPS) is 37.6. The van der Waals surface area contributed by atoms with Crippen LogP contribution in [0.25, 0.3) is 0 Å². The maximum Gasteiger partial charge on any atom is 0.439 e. The molecule has 1 saturated heterocycles. The molecular formula is C7H15BO2. The minimum Gasteiger partial charge on any atom is -0.406 e. The first kappa shape index (κ1) is 8.09. The molecular weight excluding hydrogens is 127 g/mol. The first-order valence-corrected chi connectivity index (χ1v) is 3.80. The van der Waals surface area contributed by atoms with Crippen LogP contribution in [0.3, 0.4) is 0 Å². The zero-order valence-corrected chi connectivity index (χ0v) is 7.23. The Morgan fingerprint density at radius 2 is 1.80 bits per heavy atom. The van der Waals surface area contributed by atoms with Crippen molar-refractivity contribution in [3.05, 3.63) is 0 Å². The van der Waals surface area contributed by atoms with E-state index >= 15 is 0 Å². The van der Waals surface area contributed by atoms with Crippen molar-refractivity contribution in [3.8, 4) is 0 Å². The molecule has 3 heteroatoms. The molecule has 0 aliphatic carbocycles. The number of hydrogen-bond donors (Lipinski definition) is 0. The van der Waals surface area contributed by atoms with E-state index in [2.05, 4.69) is 27.7 Å². The summed E-state index contributed by atoms with van der Waals surface area (Å²) >= 11 is 0. The summed E-state index contributed by atoms with van der Waals surface area (Å²) in [7, 11) is 0.442. The molecule has 1 aliphatic rings. The van der Waals surface area contributed by atoms with Crippen LogP contribution in [0.1, 0.15) is 34.1 Å². The topological polar surface area (TPSA) is 18.5 Å². The van der Waals surface area contributed by atoms with Gasteiger partial charge in [0.05, 0.1) is 11.2 Å². The van der Waals surface area contributed by atoms with Gasteiger partial charge in [0, 0.05) is 0 Å². The molecule has 0 aromatic rings. The van der Waals surface area contributed by atoms with Crippen LogP contribution in [-0.4, -0.2) is 18.9 Å². The molecule has 0 aromatic heterocycles. The minimum absolute atomic E-state index is 0.0903. The third-order valence-electron chi connectivity index (χ3n) is 2.75. The Bertz CT molecular complexity index is 136. The lowest BCUT2D eigenvalue weighted by molar-refractivity contribution is -0.0118. The van der Waals surface area contributed by atoms with Crippen LogP contribution in [0.15, 0.2) is 0 Å². The third-order valence-corrected chi connectivity index (χ3v) is 2.75. The fourth-order valence-corrected chi connectivity index (χ4v) is 1.16. The van der Waals surface area contributed by atoms with Crippen LogP contribution in [0.2, 0.25) is 0 Å². The standard InChI is InChI=1S/C7H15BO2/c1-5-7(4)6(2,3)9-8-10-7/h8H,5H2,1-4H3. The second-order valence-electron chi connectivity index (χ2n) is 3.50. The molecule has 2 nitrogen and oxygen atoms in total. The molecule has 0 amide bonds. The molecule has 0 aromatic carbocycles. The molecule has 1 atom stereocenters. The van der Waals surface area contributed by atoms with Crippen molar-refractivity contribution in [2.75, 3.05) is 0 Å². The van der Waals surface area contributed by atoms with Gasteiger partial charge in [0.25, 0.3) is 0 Å². The highest BCUT2D eigenvalue weighted by Gasteiger charge is 2.46. The van der Waals surface area contributed by atoms with Crippen molar-refractivity contribution in [1.29, 1.82) is 0 Å². The first-order chi connectivity index (χ1) is 4.52. The van der Waals surface area contributed by atoms with Crippen LogP contribution in [0, 0.1) is 0 Å². The Labute approximate surface area is 63.2 Å². The van der Waals surface area contributed by atoms with E-state index in [1.165, 1.54) is 0 Å². The fourth-order valence-electron chi connectivity index (χ4n) is 1.16. The minimum atomic E-state index is -0.123. The average Bonchev–Trinajstić information content (AvgIpc) is 2.10. The van der Waals surface area contributed by atoms with Crippen molar-refractivity contribution < 1.29 is 9.31 Å². The van der Waals surface area contributed by atoms with Crippen molar-refractivity contribution in [1.82, 2.24) is 0 Å². The fraction of sp³-hybridized carbons (Fsp3) is 1.00. The molecule has 0 saturated carbocycles. The van der Waals surface area contributed by atoms with Gasteiger partial charge < -0.3 is 9.31 Å².